The molecule has 0 aliphatic heterocycles. The van der Waals surface area contributed by atoms with Gasteiger partial charge < -0.3 is 15.4 Å². The standard InChI is InChI=1S/C16H22ClN7O5/c1-8(2)10(15(27)29-4)20-13(25)9(3)19-14(26)11-12-21-22-24(6-5-17)16(28)23(12)7-18-11/h7-10H,5-6H2,1-4H3,(H,19,26)(H,20,25)/t9-,10-/m0/s1. The van der Waals surface area contributed by atoms with Gasteiger partial charge in [0.25, 0.3) is 5.91 Å². The minimum absolute atomic E-state index is 0.0550. The minimum Gasteiger partial charge on any atom is -0.467 e. The molecule has 0 aliphatic rings. The van der Waals surface area contributed by atoms with E-state index in [1.165, 1.54) is 14.0 Å². The number of alkyl halides is 1. The Morgan fingerprint density at radius 1 is 1.24 bits per heavy atom. The SMILES string of the molecule is COC(=O)[C@@H](NC(=O)[C@H](C)NC(=O)c1ncn2c(=O)n(CCCl)nnc12)C(C)C. The van der Waals surface area contributed by atoms with Crippen LogP contribution < -0.4 is 16.3 Å². The van der Waals surface area contributed by atoms with E-state index in [1.807, 2.05) is 0 Å². The molecule has 0 spiro atoms. The number of hydrogen-bond donors (Lipinski definition) is 2. The van der Waals surface area contributed by atoms with Crippen LogP contribution in [0.3, 0.4) is 0 Å². The van der Waals surface area contributed by atoms with E-state index in [9.17, 15) is 19.2 Å². The summed E-state index contributed by atoms with van der Waals surface area (Å²) in [6, 6.07) is -1.85. The number of carbonyl (C=O) groups excluding carboxylic acids is 3. The van der Waals surface area contributed by atoms with Crippen LogP contribution in [0.15, 0.2) is 11.1 Å². The second-order valence-electron chi connectivity index (χ2n) is 6.52. The number of carbonyl (C=O) groups is 3. The normalized spacial score (nSPS) is 13.2. The maximum absolute atomic E-state index is 12.5. The number of aryl methyl sites for hydroxylation is 1. The van der Waals surface area contributed by atoms with Gasteiger partial charge in [-0.3, -0.25) is 9.59 Å². The minimum atomic E-state index is -0.991. The van der Waals surface area contributed by atoms with E-state index in [2.05, 4.69) is 30.7 Å². The van der Waals surface area contributed by atoms with Gasteiger partial charge >= 0.3 is 11.7 Å². The van der Waals surface area contributed by atoms with Crippen molar-refractivity contribution in [1.29, 1.82) is 0 Å². The lowest BCUT2D eigenvalue weighted by Gasteiger charge is -2.22. The molecule has 0 radical (unpaired) electrons. The van der Waals surface area contributed by atoms with Crippen LogP contribution in [0, 0.1) is 5.92 Å². The average Bonchev–Trinajstić information content (AvgIpc) is 3.12. The van der Waals surface area contributed by atoms with Gasteiger partial charge in [0, 0.05) is 5.88 Å². The molecule has 0 unspecified atom stereocenters. The molecule has 12 nitrogen and oxygen atoms in total. The number of esters is 1. The van der Waals surface area contributed by atoms with Crippen molar-refractivity contribution in [2.75, 3.05) is 13.0 Å². The van der Waals surface area contributed by atoms with Crippen LogP contribution in [0.5, 0.6) is 0 Å². The van der Waals surface area contributed by atoms with Crippen LogP contribution in [0.4, 0.5) is 0 Å². The summed E-state index contributed by atoms with van der Waals surface area (Å²) in [5, 5.41) is 12.5. The second-order valence-corrected chi connectivity index (χ2v) is 6.90. The molecule has 2 rings (SSSR count). The maximum Gasteiger partial charge on any atom is 0.353 e. The van der Waals surface area contributed by atoms with E-state index in [0.717, 1.165) is 15.4 Å². The van der Waals surface area contributed by atoms with Crippen LogP contribution in [0.25, 0.3) is 5.65 Å². The summed E-state index contributed by atoms with van der Waals surface area (Å²) in [6.45, 7) is 5.09. The van der Waals surface area contributed by atoms with Crippen molar-refractivity contribution >= 4 is 35.0 Å². The molecule has 0 saturated heterocycles. The lowest BCUT2D eigenvalue weighted by atomic mass is 10.0. The average molecular weight is 428 g/mol. The van der Waals surface area contributed by atoms with Gasteiger partial charge in [-0.2, -0.15) is 4.68 Å². The highest BCUT2D eigenvalue weighted by Gasteiger charge is 2.28. The van der Waals surface area contributed by atoms with Gasteiger partial charge in [-0.1, -0.05) is 19.1 Å². The van der Waals surface area contributed by atoms with Gasteiger partial charge in [-0.15, -0.1) is 16.7 Å². The summed E-state index contributed by atoms with van der Waals surface area (Å²) < 4.78 is 6.77. The first-order valence-corrected chi connectivity index (χ1v) is 9.30. The fraction of sp³-hybridized carbons (Fsp3) is 0.562. The van der Waals surface area contributed by atoms with Crippen LogP contribution >= 0.6 is 11.6 Å². The van der Waals surface area contributed by atoms with E-state index >= 15 is 0 Å². The Morgan fingerprint density at radius 3 is 2.52 bits per heavy atom. The van der Waals surface area contributed by atoms with Gasteiger partial charge in [-0.05, 0) is 12.8 Å². The number of ether oxygens (including phenoxy) is 1. The van der Waals surface area contributed by atoms with Crippen LogP contribution in [-0.2, 0) is 20.9 Å². The number of imidazole rings is 1. The third kappa shape index (κ3) is 4.88. The number of amides is 2. The summed E-state index contributed by atoms with van der Waals surface area (Å²) in [6.07, 6.45) is 1.14. The number of aromatic nitrogens is 5. The number of hydrogen-bond acceptors (Lipinski definition) is 8. The molecule has 0 aliphatic carbocycles. The number of nitrogens with zero attached hydrogens (tertiary/aromatic N) is 5. The zero-order valence-corrected chi connectivity index (χ0v) is 17.1. The Labute approximate surface area is 170 Å². The van der Waals surface area contributed by atoms with Crippen molar-refractivity contribution in [3.63, 3.8) is 0 Å². The molecule has 2 aromatic rings. The van der Waals surface area contributed by atoms with Crippen molar-refractivity contribution in [1.82, 2.24) is 35.0 Å². The summed E-state index contributed by atoms with van der Waals surface area (Å²) in [5.74, 6) is -1.94. The van der Waals surface area contributed by atoms with Crippen molar-refractivity contribution in [2.45, 2.75) is 39.4 Å². The third-order valence-electron chi connectivity index (χ3n) is 4.09. The monoisotopic (exact) mass is 427 g/mol. The van der Waals surface area contributed by atoms with E-state index < -0.39 is 35.6 Å². The topological polar surface area (TPSA) is 150 Å². The first-order chi connectivity index (χ1) is 13.7. The second kappa shape index (κ2) is 9.45. The first kappa shape index (κ1) is 22.3. The van der Waals surface area contributed by atoms with E-state index in [4.69, 9.17) is 11.6 Å². The lowest BCUT2D eigenvalue weighted by molar-refractivity contribution is -0.146. The Balaban J connectivity index is 2.15. The van der Waals surface area contributed by atoms with E-state index in [-0.39, 0.29) is 29.7 Å². The molecule has 2 N–H and O–H groups in total. The van der Waals surface area contributed by atoms with Crippen molar-refractivity contribution in [3.05, 3.63) is 22.5 Å². The molecular weight excluding hydrogens is 406 g/mol. The lowest BCUT2D eigenvalue weighted by Crippen LogP contribution is -2.52. The largest absolute Gasteiger partial charge is 0.467 e. The summed E-state index contributed by atoms with van der Waals surface area (Å²) in [7, 11) is 1.22. The Bertz CT molecular complexity index is 970. The number of fused-ring (bicyclic) bond motifs is 1. The van der Waals surface area contributed by atoms with Crippen LogP contribution in [0.1, 0.15) is 31.3 Å². The van der Waals surface area contributed by atoms with Crippen LogP contribution in [0.2, 0.25) is 0 Å². The highest BCUT2D eigenvalue weighted by Crippen LogP contribution is 2.06. The number of halogens is 1. The predicted octanol–water partition coefficient (Wildman–Crippen LogP) is -1.04. The zero-order valence-electron chi connectivity index (χ0n) is 16.4. The van der Waals surface area contributed by atoms with Gasteiger partial charge in [0.1, 0.15) is 18.4 Å². The van der Waals surface area contributed by atoms with E-state index in [1.54, 1.807) is 13.8 Å². The molecule has 2 atom stereocenters. The molecule has 0 aromatic carbocycles. The molecule has 158 valence electrons. The van der Waals surface area contributed by atoms with E-state index in [0.29, 0.717) is 0 Å². The zero-order chi connectivity index (χ0) is 21.7. The Kier molecular flexibility index (Phi) is 7.26. The highest BCUT2D eigenvalue weighted by atomic mass is 35.5. The summed E-state index contributed by atoms with van der Waals surface area (Å²) in [5.41, 5.74) is -0.771. The molecule has 13 heteroatoms. The molecule has 2 aromatic heterocycles. The van der Waals surface area contributed by atoms with Gasteiger partial charge in [0.2, 0.25) is 5.91 Å². The first-order valence-electron chi connectivity index (χ1n) is 8.77. The molecule has 29 heavy (non-hydrogen) atoms. The van der Waals surface area contributed by atoms with Crippen molar-refractivity contribution < 1.29 is 19.1 Å². The fourth-order valence-corrected chi connectivity index (χ4v) is 2.61. The van der Waals surface area contributed by atoms with Crippen LogP contribution in [-0.4, -0.2) is 67.2 Å². The van der Waals surface area contributed by atoms with Crippen molar-refractivity contribution in [2.24, 2.45) is 5.92 Å². The quantitative estimate of drug-likeness (QED) is 0.400. The summed E-state index contributed by atoms with van der Waals surface area (Å²) >= 11 is 5.60. The molecule has 2 amide bonds. The number of methoxy groups -OCH3 is 1. The molecule has 0 fully saturated rings. The Hall–Kier alpha value is -3.02. The molecule has 2 heterocycles. The van der Waals surface area contributed by atoms with Gasteiger partial charge in [-0.25, -0.2) is 19.0 Å². The maximum atomic E-state index is 12.5. The Morgan fingerprint density at radius 2 is 1.93 bits per heavy atom. The number of nitrogens with one attached hydrogen (secondary N) is 2. The number of rotatable bonds is 8. The molecular formula is C16H22ClN7O5. The smallest absolute Gasteiger partial charge is 0.353 e. The fourth-order valence-electron chi connectivity index (χ4n) is 2.45. The van der Waals surface area contributed by atoms with Gasteiger partial charge in [0.05, 0.1) is 13.7 Å². The van der Waals surface area contributed by atoms with Gasteiger partial charge in [0.15, 0.2) is 11.3 Å². The molecule has 0 bridgehead atoms. The summed E-state index contributed by atoms with van der Waals surface area (Å²) in [4.78, 5) is 52.8. The van der Waals surface area contributed by atoms with Crippen molar-refractivity contribution in [3.8, 4) is 0 Å². The molecule has 0 saturated carbocycles. The predicted molar refractivity (Wildman–Crippen MR) is 101 cm³/mol. The third-order valence-corrected chi connectivity index (χ3v) is 4.26. The highest BCUT2D eigenvalue weighted by molar-refractivity contribution is 6.17.